The van der Waals surface area contributed by atoms with Crippen molar-refractivity contribution in [3.05, 3.63) is 95.1 Å². The smallest absolute Gasteiger partial charge is 0.366 e. The molecule has 0 aliphatic rings. The summed E-state index contributed by atoms with van der Waals surface area (Å²) in [5.41, 5.74) is 9.14. The monoisotopic (exact) mass is 383 g/mol. The minimum Gasteiger partial charge on any atom is -0.366 e. The summed E-state index contributed by atoms with van der Waals surface area (Å²) in [7, 11) is 0. The summed E-state index contributed by atoms with van der Waals surface area (Å²) in [6.45, 7) is 0. The molecule has 0 radical (unpaired) electrons. The van der Waals surface area contributed by atoms with Crippen LogP contribution in [-0.4, -0.2) is 5.91 Å². The Balaban J connectivity index is 1.58. The molecule has 144 valence electrons. The van der Waals surface area contributed by atoms with Crippen LogP contribution in [0.2, 0.25) is 0 Å². The van der Waals surface area contributed by atoms with Gasteiger partial charge in [0.25, 0.3) is 0 Å². The second-order valence-corrected chi connectivity index (χ2v) is 6.69. The SMILES string of the molecule is NC(=O)c1cccc(-c2ccc(CCCc3ccc(C(F)(F)F)cc3)cc2)c1. The summed E-state index contributed by atoms with van der Waals surface area (Å²) < 4.78 is 37.8. The van der Waals surface area contributed by atoms with E-state index in [1.807, 2.05) is 30.3 Å². The van der Waals surface area contributed by atoms with Gasteiger partial charge in [-0.2, -0.15) is 13.2 Å². The predicted octanol–water partition coefficient (Wildman–Crippen LogP) is 5.65. The highest BCUT2D eigenvalue weighted by Crippen LogP contribution is 2.29. The third-order valence-electron chi connectivity index (χ3n) is 4.65. The number of alkyl halides is 3. The minimum atomic E-state index is -4.29. The summed E-state index contributed by atoms with van der Waals surface area (Å²) in [4.78, 5) is 11.3. The maximum atomic E-state index is 12.6. The van der Waals surface area contributed by atoms with Crippen molar-refractivity contribution in [1.82, 2.24) is 0 Å². The molecule has 2 nitrogen and oxygen atoms in total. The molecular weight excluding hydrogens is 363 g/mol. The molecule has 3 aromatic carbocycles. The fourth-order valence-corrected chi connectivity index (χ4v) is 3.07. The van der Waals surface area contributed by atoms with Gasteiger partial charge in [0, 0.05) is 5.56 Å². The van der Waals surface area contributed by atoms with Gasteiger partial charge in [-0.1, -0.05) is 48.5 Å². The molecular formula is C23H20F3NO. The topological polar surface area (TPSA) is 43.1 Å². The molecule has 28 heavy (non-hydrogen) atoms. The Morgan fingerprint density at radius 3 is 1.89 bits per heavy atom. The number of aryl methyl sites for hydroxylation is 2. The zero-order valence-electron chi connectivity index (χ0n) is 15.2. The van der Waals surface area contributed by atoms with Crippen molar-refractivity contribution < 1.29 is 18.0 Å². The van der Waals surface area contributed by atoms with Crippen molar-refractivity contribution in [2.24, 2.45) is 5.73 Å². The van der Waals surface area contributed by atoms with Gasteiger partial charge in [-0.25, -0.2) is 0 Å². The molecule has 0 unspecified atom stereocenters. The second-order valence-electron chi connectivity index (χ2n) is 6.69. The van der Waals surface area contributed by atoms with Crippen LogP contribution in [0, 0.1) is 0 Å². The van der Waals surface area contributed by atoms with Crippen molar-refractivity contribution in [2.45, 2.75) is 25.4 Å². The fourth-order valence-electron chi connectivity index (χ4n) is 3.07. The normalized spacial score (nSPS) is 11.4. The highest BCUT2D eigenvalue weighted by atomic mass is 19.4. The Bertz CT molecular complexity index is 945. The number of halogens is 3. The number of hydrogen-bond acceptors (Lipinski definition) is 1. The van der Waals surface area contributed by atoms with E-state index >= 15 is 0 Å². The third-order valence-corrected chi connectivity index (χ3v) is 4.65. The standard InChI is InChI=1S/C23H20F3NO/c24-23(25,26)21-13-9-17(10-14-21)4-1-3-16-7-11-18(12-8-16)19-5-2-6-20(15-19)22(27)28/h2,5-15H,1,3-4H2,(H2,27,28). The first-order valence-electron chi connectivity index (χ1n) is 8.98. The highest BCUT2D eigenvalue weighted by molar-refractivity contribution is 5.94. The summed E-state index contributed by atoms with van der Waals surface area (Å²) in [6, 6.07) is 20.5. The fraction of sp³-hybridized carbons (Fsp3) is 0.174. The van der Waals surface area contributed by atoms with Gasteiger partial charge >= 0.3 is 6.18 Å². The Morgan fingerprint density at radius 2 is 1.36 bits per heavy atom. The van der Waals surface area contributed by atoms with E-state index < -0.39 is 17.6 Å². The maximum absolute atomic E-state index is 12.6. The van der Waals surface area contributed by atoms with Gasteiger partial charge in [0.2, 0.25) is 5.91 Å². The molecule has 0 bridgehead atoms. The van der Waals surface area contributed by atoms with E-state index in [4.69, 9.17) is 5.73 Å². The number of rotatable bonds is 6. The molecule has 3 rings (SSSR count). The van der Waals surface area contributed by atoms with E-state index in [1.165, 1.54) is 12.1 Å². The third kappa shape index (κ3) is 5.00. The Hall–Kier alpha value is -3.08. The lowest BCUT2D eigenvalue weighted by Gasteiger charge is -2.08. The van der Waals surface area contributed by atoms with Crippen LogP contribution in [0.25, 0.3) is 11.1 Å². The van der Waals surface area contributed by atoms with Gasteiger partial charge in [-0.05, 0) is 65.8 Å². The van der Waals surface area contributed by atoms with Crippen LogP contribution >= 0.6 is 0 Å². The van der Waals surface area contributed by atoms with E-state index in [2.05, 4.69) is 0 Å². The molecule has 2 N–H and O–H groups in total. The number of carbonyl (C=O) groups excluding carboxylic acids is 1. The van der Waals surface area contributed by atoms with Crippen LogP contribution in [0.4, 0.5) is 13.2 Å². The molecule has 0 fully saturated rings. The lowest BCUT2D eigenvalue weighted by molar-refractivity contribution is -0.137. The maximum Gasteiger partial charge on any atom is 0.416 e. The molecule has 0 heterocycles. The van der Waals surface area contributed by atoms with Gasteiger partial charge in [-0.15, -0.1) is 0 Å². The van der Waals surface area contributed by atoms with E-state index in [-0.39, 0.29) is 0 Å². The van der Waals surface area contributed by atoms with Crippen molar-refractivity contribution in [3.8, 4) is 11.1 Å². The predicted molar refractivity (Wildman–Crippen MR) is 104 cm³/mol. The minimum absolute atomic E-state index is 0.457. The van der Waals surface area contributed by atoms with E-state index in [9.17, 15) is 18.0 Å². The molecule has 0 spiro atoms. The highest BCUT2D eigenvalue weighted by Gasteiger charge is 2.29. The van der Waals surface area contributed by atoms with Crippen molar-refractivity contribution in [1.29, 1.82) is 0 Å². The first-order valence-corrected chi connectivity index (χ1v) is 8.98. The number of carbonyl (C=O) groups is 1. The molecule has 0 saturated carbocycles. The van der Waals surface area contributed by atoms with Crippen LogP contribution in [0.5, 0.6) is 0 Å². The van der Waals surface area contributed by atoms with Crippen molar-refractivity contribution >= 4 is 5.91 Å². The summed E-state index contributed by atoms with van der Waals surface area (Å²) in [6.07, 6.45) is -1.89. The second kappa shape index (κ2) is 8.30. The lowest BCUT2D eigenvalue weighted by Crippen LogP contribution is -2.10. The molecule has 0 atom stereocenters. The van der Waals surface area contributed by atoms with Crippen LogP contribution < -0.4 is 5.73 Å². The van der Waals surface area contributed by atoms with Gasteiger partial charge in [-0.3, -0.25) is 4.79 Å². The Labute approximate surface area is 161 Å². The number of benzene rings is 3. The molecule has 3 aromatic rings. The molecule has 0 aliphatic heterocycles. The summed E-state index contributed by atoms with van der Waals surface area (Å²) >= 11 is 0. The molecule has 1 amide bonds. The van der Waals surface area contributed by atoms with Gasteiger partial charge in [0.15, 0.2) is 0 Å². The van der Waals surface area contributed by atoms with Crippen LogP contribution in [0.3, 0.4) is 0 Å². The first-order chi connectivity index (χ1) is 13.3. The van der Waals surface area contributed by atoms with Crippen LogP contribution in [0.1, 0.15) is 33.5 Å². The van der Waals surface area contributed by atoms with Crippen molar-refractivity contribution in [3.63, 3.8) is 0 Å². The quantitative estimate of drug-likeness (QED) is 0.588. The van der Waals surface area contributed by atoms with Crippen LogP contribution in [-0.2, 0) is 19.0 Å². The first kappa shape index (κ1) is 19.7. The molecule has 0 aliphatic carbocycles. The summed E-state index contributed by atoms with van der Waals surface area (Å²) in [5.74, 6) is -0.457. The molecule has 0 aromatic heterocycles. The number of primary amides is 1. The molecule has 0 saturated heterocycles. The van der Waals surface area contributed by atoms with Gasteiger partial charge in [0.1, 0.15) is 0 Å². The Morgan fingerprint density at radius 1 is 0.786 bits per heavy atom. The van der Waals surface area contributed by atoms with E-state index in [1.54, 1.807) is 18.2 Å². The Kier molecular flexibility index (Phi) is 5.83. The molecule has 5 heteroatoms. The van der Waals surface area contributed by atoms with E-state index in [0.717, 1.165) is 53.6 Å². The average Bonchev–Trinajstić information content (AvgIpc) is 2.68. The zero-order valence-corrected chi connectivity index (χ0v) is 15.2. The zero-order chi connectivity index (χ0) is 20.1. The van der Waals surface area contributed by atoms with Crippen molar-refractivity contribution in [2.75, 3.05) is 0 Å². The largest absolute Gasteiger partial charge is 0.416 e. The van der Waals surface area contributed by atoms with E-state index in [0.29, 0.717) is 5.56 Å². The lowest BCUT2D eigenvalue weighted by atomic mass is 9.99. The number of hydrogen-bond donors (Lipinski definition) is 1. The van der Waals surface area contributed by atoms with Crippen LogP contribution in [0.15, 0.2) is 72.8 Å². The summed E-state index contributed by atoms with van der Waals surface area (Å²) in [5, 5.41) is 0. The van der Waals surface area contributed by atoms with Gasteiger partial charge in [0.05, 0.1) is 5.56 Å². The average molecular weight is 383 g/mol. The number of amides is 1. The number of nitrogens with two attached hydrogens (primary N) is 1. The van der Waals surface area contributed by atoms with Gasteiger partial charge < -0.3 is 5.73 Å².